The van der Waals surface area contributed by atoms with Gasteiger partial charge in [0.2, 0.25) is 0 Å². The van der Waals surface area contributed by atoms with E-state index in [1.165, 1.54) is 4.68 Å². The maximum absolute atomic E-state index is 10.5. The van der Waals surface area contributed by atoms with E-state index in [1.54, 1.807) is 24.0 Å². The number of aliphatic hydroxyl groups is 1. The van der Waals surface area contributed by atoms with Crippen LogP contribution < -0.4 is 0 Å². The molecule has 2 aromatic heterocycles. The molecule has 2 heterocycles. The first-order valence-corrected chi connectivity index (χ1v) is 11.4. The van der Waals surface area contributed by atoms with E-state index in [0.29, 0.717) is 27.3 Å². The summed E-state index contributed by atoms with van der Waals surface area (Å²) in [6.45, 7) is 0.831. The van der Waals surface area contributed by atoms with Gasteiger partial charge in [-0.1, -0.05) is 0 Å². The number of aliphatic hydroxyl groups excluding tert-OH is 1. The first-order chi connectivity index (χ1) is 11.2. The lowest BCUT2D eigenvalue weighted by Crippen LogP contribution is -2.12. The number of rotatable bonds is 7. The summed E-state index contributed by atoms with van der Waals surface area (Å²) < 4.78 is 9.47. The molecule has 2 aromatic rings. The summed E-state index contributed by atoms with van der Waals surface area (Å²) in [5.41, 5.74) is 1.46. The van der Waals surface area contributed by atoms with Crippen molar-refractivity contribution in [2.75, 3.05) is 31.1 Å². The predicted molar refractivity (Wildman–Crippen MR) is 103 cm³/mol. The molecule has 24 heavy (non-hydrogen) atoms. The molecular weight excluding hydrogens is 441 g/mol. The van der Waals surface area contributed by atoms with Crippen molar-refractivity contribution >= 4 is 32.6 Å². The van der Waals surface area contributed by atoms with Crippen LogP contribution in [0, 0.1) is 15.0 Å². The Morgan fingerprint density at radius 3 is 2.67 bits per heavy atom. The second-order valence-corrected chi connectivity index (χ2v) is 12.0. The zero-order valence-corrected chi connectivity index (χ0v) is 17.2. The SMILES string of the molecule is Cn1cc(C(O)c2cc(C#N)n(COCCS(C)(C)C)n2)c(I)n1. The van der Waals surface area contributed by atoms with Crippen LogP contribution in [0.2, 0.25) is 0 Å². The van der Waals surface area contributed by atoms with Crippen LogP contribution in [0.15, 0.2) is 12.3 Å². The standard InChI is InChI=1S/C15H22IN5O2S/c1-20-9-12(15(16)19-20)14(22)13-7-11(8-17)21(18-13)10-23-5-6-24(2,3)4/h7,9,14,22H,5-6,10H2,1-4H3. The molecule has 2 rings (SSSR count). The number of aryl methyl sites for hydroxylation is 1. The quantitative estimate of drug-likeness (QED) is 0.500. The molecule has 0 saturated heterocycles. The van der Waals surface area contributed by atoms with Crippen LogP contribution in [0.3, 0.4) is 0 Å². The maximum atomic E-state index is 10.5. The highest BCUT2D eigenvalue weighted by molar-refractivity contribution is 14.1. The van der Waals surface area contributed by atoms with Crippen molar-refractivity contribution in [2.24, 2.45) is 7.05 Å². The highest BCUT2D eigenvalue weighted by Gasteiger charge is 2.21. The minimum atomic E-state index is -0.919. The Morgan fingerprint density at radius 2 is 2.12 bits per heavy atom. The molecule has 1 atom stereocenters. The Morgan fingerprint density at radius 1 is 1.42 bits per heavy atom. The van der Waals surface area contributed by atoms with Crippen molar-refractivity contribution in [1.82, 2.24) is 19.6 Å². The summed E-state index contributed by atoms with van der Waals surface area (Å²) >= 11 is 2.07. The largest absolute Gasteiger partial charge is 0.382 e. The number of ether oxygens (including phenoxy) is 1. The predicted octanol–water partition coefficient (Wildman–Crippen LogP) is 1.84. The van der Waals surface area contributed by atoms with Gasteiger partial charge in [-0.15, -0.1) is 0 Å². The lowest BCUT2D eigenvalue weighted by atomic mass is 10.1. The van der Waals surface area contributed by atoms with Crippen molar-refractivity contribution in [2.45, 2.75) is 12.8 Å². The van der Waals surface area contributed by atoms with Gasteiger partial charge in [-0.25, -0.2) is 14.7 Å². The Bertz CT molecular complexity index is 744. The smallest absolute Gasteiger partial charge is 0.141 e. The highest BCUT2D eigenvalue weighted by Crippen LogP contribution is 2.33. The first-order valence-electron chi connectivity index (χ1n) is 7.30. The number of hydrogen-bond donors (Lipinski definition) is 1. The molecule has 0 aliphatic heterocycles. The molecule has 132 valence electrons. The van der Waals surface area contributed by atoms with Crippen LogP contribution in [0.25, 0.3) is 0 Å². The summed E-state index contributed by atoms with van der Waals surface area (Å²) in [5, 5.41) is 28.3. The van der Waals surface area contributed by atoms with Gasteiger partial charge in [0, 0.05) is 30.6 Å². The summed E-state index contributed by atoms with van der Waals surface area (Å²) in [6.07, 6.45) is 7.52. The van der Waals surface area contributed by atoms with E-state index in [0.717, 1.165) is 5.75 Å². The topological polar surface area (TPSA) is 88.9 Å². The van der Waals surface area contributed by atoms with Gasteiger partial charge >= 0.3 is 0 Å². The average Bonchev–Trinajstić information content (AvgIpc) is 3.04. The van der Waals surface area contributed by atoms with Crippen molar-refractivity contribution in [3.05, 3.63) is 32.9 Å². The zero-order valence-electron chi connectivity index (χ0n) is 14.2. The van der Waals surface area contributed by atoms with Crippen molar-refractivity contribution in [3.63, 3.8) is 0 Å². The third-order valence-corrected chi connectivity index (χ3v) is 5.58. The van der Waals surface area contributed by atoms with Crippen LogP contribution >= 0.6 is 32.6 Å². The van der Waals surface area contributed by atoms with Gasteiger partial charge in [0.15, 0.2) is 0 Å². The molecule has 1 unspecified atom stereocenters. The van der Waals surface area contributed by atoms with Gasteiger partial charge in [-0.05, 0) is 41.4 Å². The lowest BCUT2D eigenvalue weighted by Gasteiger charge is -2.24. The summed E-state index contributed by atoms with van der Waals surface area (Å²) in [7, 11) is 1.18. The Balaban J connectivity index is 2.09. The normalized spacial score (nSPS) is 13.7. The third-order valence-electron chi connectivity index (χ3n) is 3.35. The minimum Gasteiger partial charge on any atom is -0.382 e. The number of nitrogens with zero attached hydrogens (tertiary/aromatic N) is 5. The van der Waals surface area contributed by atoms with Gasteiger partial charge in [0.05, 0.1) is 12.3 Å². The van der Waals surface area contributed by atoms with E-state index in [2.05, 4.69) is 57.6 Å². The fraction of sp³-hybridized carbons (Fsp3) is 0.533. The molecule has 7 nitrogen and oxygen atoms in total. The fourth-order valence-electron chi connectivity index (χ4n) is 2.04. The van der Waals surface area contributed by atoms with Crippen LogP contribution in [-0.2, 0) is 18.5 Å². The van der Waals surface area contributed by atoms with Crippen LogP contribution in [0.5, 0.6) is 0 Å². The molecule has 0 aliphatic carbocycles. The van der Waals surface area contributed by atoms with E-state index in [1.807, 2.05) is 0 Å². The highest BCUT2D eigenvalue weighted by atomic mass is 127. The maximum Gasteiger partial charge on any atom is 0.141 e. The molecule has 0 bridgehead atoms. The van der Waals surface area contributed by atoms with Crippen LogP contribution in [0.4, 0.5) is 0 Å². The lowest BCUT2D eigenvalue weighted by molar-refractivity contribution is 0.0791. The van der Waals surface area contributed by atoms with Gasteiger partial charge in [-0.2, -0.15) is 15.5 Å². The Labute approximate surface area is 157 Å². The third kappa shape index (κ3) is 4.95. The Kier molecular flexibility index (Phi) is 6.30. The van der Waals surface area contributed by atoms with Crippen LogP contribution in [-0.4, -0.2) is 55.8 Å². The van der Waals surface area contributed by atoms with Gasteiger partial charge in [0.1, 0.15) is 28.3 Å². The first kappa shape index (κ1) is 19.2. The van der Waals surface area contributed by atoms with E-state index < -0.39 is 16.1 Å². The molecule has 0 saturated carbocycles. The molecule has 0 aromatic carbocycles. The Hall–Kier alpha value is -1.09. The number of halogens is 1. The number of hydrogen-bond acceptors (Lipinski definition) is 5. The zero-order chi connectivity index (χ0) is 17.9. The average molecular weight is 463 g/mol. The number of aromatic nitrogens is 4. The molecule has 0 radical (unpaired) electrons. The molecular formula is C15H22IN5O2S. The summed E-state index contributed by atoms with van der Waals surface area (Å²) in [6, 6.07) is 3.68. The second kappa shape index (κ2) is 7.86. The number of nitriles is 1. The van der Waals surface area contributed by atoms with Gasteiger partial charge < -0.3 is 9.84 Å². The van der Waals surface area contributed by atoms with E-state index in [-0.39, 0.29) is 6.73 Å². The second-order valence-electron chi connectivity index (χ2n) is 6.35. The monoisotopic (exact) mass is 463 g/mol. The molecule has 0 fully saturated rings. The van der Waals surface area contributed by atoms with E-state index in [9.17, 15) is 10.4 Å². The minimum absolute atomic E-state index is 0.204. The molecule has 9 heteroatoms. The summed E-state index contributed by atoms with van der Waals surface area (Å²) in [5.74, 6) is 1.000. The van der Waals surface area contributed by atoms with Gasteiger partial charge in [-0.3, -0.25) is 4.68 Å². The molecule has 0 spiro atoms. The van der Waals surface area contributed by atoms with Crippen LogP contribution in [0.1, 0.15) is 23.1 Å². The van der Waals surface area contributed by atoms with Crippen molar-refractivity contribution in [3.8, 4) is 6.07 Å². The van der Waals surface area contributed by atoms with Crippen molar-refractivity contribution in [1.29, 1.82) is 5.26 Å². The molecule has 1 N–H and O–H groups in total. The molecule has 0 amide bonds. The van der Waals surface area contributed by atoms with Gasteiger partial charge in [0.25, 0.3) is 0 Å². The molecule has 0 aliphatic rings. The fourth-order valence-corrected chi connectivity index (χ4v) is 3.43. The van der Waals surface area contributed by atoms with Crippen molar-refractivity contribution < 1.29 is 9.84 Å². The van der Waals surface area contributed by atoms with E-state index in [4.69, 9.17) is 4.74 Å². The summed E-state index contributed by atoms with van der Waals surface area (Å²) in [4.78, 5) is 0. The van der Waals surface area contributed by atoms with E-state index >= 15 is 0 Å².